The lowest BCUT2D eigenvalue weighted by Gasteiger charge is -2.13. The minimum atomic E-state index is 0. The molecule has 27 heavy (non-hydrogen) atoms. The molecular weight excluding hydrogens is 474 g/mol. The SMILES string of the molecule is Br.C[n+]1ccccc1COc1ccc(/C=N/N=C(N)N2CCCC2)cc1.[Br-]. The standard InChI is InChI=1S/C19H24N5O.2BrH/c1-23-11-3-2-6-17(23)15-25-18-9-7-16(8-10-18)14-21-22-19(20)24-12-4-5-13-24;;/h2-3,6-11,14H,4-5,12-13,15H2,1H3,(H2,20,22);2*1H/q+1;;/p-1/b21-14+;;. The zero-order valence-electron chi connectivity index (χ0n) is 15.3. The summed E-state index contributed by atoms with van der Waals surface area (Å²) in [6.07, 6.45) is 6.04. The van der Waals surface area contributed by atoms with E-state index in [4.69, 9.17) is 10.5 Å². The third kappa shape index (κ3) is 6.95. The number of rotatable bonds is 5. The number of ether oxygens (including phenoxy) is 1. The van der Waals surface area contributed by atoms with E-state index >= 15 is 0 Å². The number of hydrogen-bond acceptors (Lipinski definition) is 3. The molecular formula is C19H25Br2N5O. The normalized spacial score (nSPS) is 14.0. The average Bonchev–Trinajstić information content (AvgIpc) is 3.17. The molecule has 0 atom stereocenters. The zero-order valence-corrected chi connectivity index (χ0v) is 18.6. The van der Waals surface area contributed by atoms with Gasteiger partial charge in [-0.2, -0.15) is 5.10 Å². The van der Waals surface area contributed by atoms with Gasteiger partial charge in [0.1, 0.15) is 12.8 Å². The Morgan fingerprint density at radius 2 is 1.89 bits per heavy atom. The van der Waals surface area contributed by atoms with Crippen molar-refractivity contribution >= 4 is 29.2 Å². The smallest absolute Gasteiger partial charge is 0.219 e. The van der Waals surface area contributed by atoms with Gasteiger partial charge in [0.15, 0.2) is 12.8 Å². The number of pyridine rings is 1. The lowest BCUT2D eigenvalue weighted by molar-refractivity contribution is -0.680. The van der Waals surface area contributed by atoms with E-state index in [1.807, 2.05) is 60.3 Å². The fourth-order valence-electron chi connectivity index (χ4n) is 2.68. The number of halogens is 2. The zero-order chi connectivity index (χ0) is 17.5. The fraction of sp³-hybridized carbons (Fsp3) is 0.316. The quantitative estimate of drug-likeness (QED) is 0.259. The highest BCUT2D eigenvalue weighted by Crippen LogP contribution is 2.12. The molecule has 146 valence electrons. The van der Waals surface area contributed by atoms with Crippen LogP contribution < -0.4 is 32.0 Å². The molecule has 6 nitrogen and oxygen atoms in total. The maximum Gasteiger partial charge on any atom is 0.219 e. The molecule has 0 spiro atoms. The van der Waals surface area contributed by atoms with Gasteiger partial charge in [-0.15, -0.1) is 22.1 Å². The molecule has 1 aromatic heterocycles. The van der Waals surface area contributed by atoms with Gasteiger partial charge in [0.2, 0.25) is 11.7 Å². The van der Waals surface area contributed by atoms with Crippen molar-refractivity contribution in [1.29, 1.82) is 0 Å². The van der Waals surface area contributed by atoms with Crippen molar-refractivity contribution in [3.8, 4) is 5.75 Å². The van der Waals surface area contributed by atoms with Gasteiger partial charge in [-0.1, -0.05) is 0 Å². The molecule has 1 aliphatic heterocycles. The van der Waals surface area contributed by atoms with Gasteiger partial charge in [-0.25, -0.2) is 4.57 Å². The van der Waals surface area contributed by atoms with Gasteiger partial charge in [0.25, 0.3) is 0 Å². The summed E-state index contributed by atoms with van der Waals surface area (Å²) in [5.41, 5.74) is 7.98. The van der Waals surface area contributed by atoms with Crippen molar-refractivity contribution in [2.24, 2.45) is 23.0 Å². The Kier molecular flexibility index (Phi) is 10.0. The maximum absolute atomic E-state index is 5.91. The molecule has 0 aliphatic carbocycles. The minimum Gasteiger partial charge on any atom is -1.00 e. The third-order valence-electron chi connectivity index (χ3n) is 4.23. The summed E-state index contributed by atoms with van der Waals surface area (Å²) in [4.78, 5) is 2.05. The van der Waals surface area contributed by atoms with E-state index in [0.29, 0.717) is 12.6 Å². The molecule has 1 aromatic carbocycles. The van der Waals surface area contributed by atoms with E-state index in [-0.39, 0.29) is 34.0 Å². The van der Waals surface area contributed by atoms with Crippen LogP contribution in [0.2, 0.25) is 0 Å². The Morgan fingerprint density at radius 3 is 2.56 bits per heavy atom. The van der Waals surface area contributed by atoms with Crippen molar-refractivity contribution in [2.75, 3.05) is 13.1 Å². The molecule has 0 saturated carbocycles. The van der Waals surface area contributed by atoms with Gasteiger partial charge >= 0.3 is 0 Å². The molecule has 3 rings (SSSR count). The first kappa shape index (κ1) is 23.1. The van der Waals surface area contributed by atoms with Crippen molar-refractivity contribution < 1.29 is 26.3 Å². The van der Waals surface area contributed by atoms with Crippen LogP contribution in [-0.2, 0) is 13.7 Å². The van der Waals surface area contributed by atoms with Crippen LogP contribution in [-0.4, -0.2) is 30.2 Å². The Balaban J connectivity index is 0.00000182. The maximum atomic E-state index is 5.91. The second-order valence-electron chi connectivity index (χ2n) is 6.06. The minimum absolute atomic E-state index is 0. The first-order valence-corrected chi connectivity index (χ1v) is 8.50. The molecule has 2 N–H and O–H groups in total. The predicted molar refractivity (Wildman–Crippen MR) is 109 cm³/mol. The number of benzene rings is 1. The predicted octanol–water partition coefficient (Wildman–Crippen LogP) is -0.584. The Morgan fingerprint density at radius 1 is 1.19 bits per heavy atom. The van der Waals surface area contributed by atoms with Gasteiger partial charge in [-0.3, -0.25) is 0 Å². The molecule has 1 fully saturated rings. The summed E-state index contributed by atoms with van der Waals surface area (Å²) >= 11 is 0. The first-order valence-electron chi connectivity index (χ1n) is 8.50. The van der Waals surface area contributed by atoms with Crippen LogP contribution >= 0.6 is 17.0 Å². The Hall–Kier alpha value is -1.93. The number of aromatic nitrogens is 1. The number of aryl methyl sites for hydroxylation is 1. The highest BCUT2D eigenvalue weighted by molar-refractivity contribution is 8.93. The molecule has 0 unspecified atom stereocenters. The van der Waals surface area contributed by atoms with E-state index in [0.717, 1.165) is 30.1 Å². The third-order valence-corrected chi connectivity index (χ3v) is 4.23. The average molecular weight is 499 g/mol. The van der Waals surface area contributed by atoms with E-state index in [1.54, 1.807) is 6.21 Å². The number of nitrogens with zero attached hydrogens (tertiary/aromatic N) is 4. The highest BCUT2D eigenvalue weighted by atomic mass is 79.9. The van der Waals surface area contributed by atoms with Crippen LogP contribution in [0.15, 0.2) is 58.9 Å². The monoisotopic (exact) mass is 497 g/mol. The van der Waals surface area contributed by atoms with Crippen LogP contribution in [0.1, 0.15) is 24.1 Å². The van der Waals surface area contributed by atoms with E-state index in [9.17, 15) is 0 Å². The Labute approximate surface area is 181 Å². The largest absolute Gasteiger partial charge is 1.00 e. The number of guanidine groups is 1. The summed E-state index contributed by atoms with van der Waals surface area (Å²) in [6, 6.07) is 13.8. The molecule has 2 heterocycles. The molecule has 2 aromatic rings. The summed E-state index contributed by atoms with van der Waals surface area (Å²) in [5, 5.41) is 8.14. The molecule has 1 saturated heterocycles. The topological polar surface area (TPSA) is 67.1 Å². The van der Waals surface area contributed by atoms with Crippen molar-refractivity contribution in [3.05, 3.63) is 59.9 Å². The van der Waals surface area contributed by atoms with Crippen LogP contribution in [0.5, 0.6) is 5.75 Å². The lowest BCUT2D eigenvalue weighted by atomic mass is 10.2. The number of nitrogens with two attached hydrogens (primary N) is 1. The van der Waals surface area contributed by atoms with E-state index in [2.05, 4.69) is 15.1 Å². The number of hydrogen-bond donors (Lipinski definition) is 1. The highest BCUT2D eigenvalue weighted by Gasteiger charge is 2.12. The van der Waals surface area contributed by atoms with Gasteiger partial charge in [0, 0.05) is 25.2 Å². The molecule has 1 aliphatic rings. The summed E-state index contributed by atoms with van der Waals surface area (Å²) in [7, 11) is 2.01. The van der Waals surface area contributed by atoms with Gasteiger partial charge in [0.05, 0.1) is 6.21 Å². The molecule has 0 radical (unpaired) electrons. The van der Waals surface area contributed by atoms with Crippen molar-refractivity contribution in [2.45, 2.75) is 19.4 Å². The number of likely N-dealkylation sites (tertiary alicyclic amines) is 1. The lowest BCUT2D eigenvalue weighted by Crippen LogP contribution is -3.00. The molecule has 0 bridgehead atoms. The van der Waals surface area contributed by atoms with Gasteiger partial charge in [-0.05, 0) is 48.7 Å². The van der Waals surface area contributed by atoms with Crippen LogP contribution in [0.3, 0.4) is 0 Å². The molecule has 8 heteroatoms. The second kappa shape index (κ2) is 11.7. The Bertz CT molecular complexity index is 759. The molecule has 0 amide bonds. The first-order chi connectivity index (χ1) is 12.2. The van der Waals surface area contributed by atoms with Crippen LogP contribution in [0.25, 0.3) is 0 Å². The van der Waals surface area contributed by atoms with Crippen molar-refractivity contribution in [3.63, 3.8) is 0 Å². The summed E-state index contributed by atoms with van der Waals surface area (Å²) < 4.78 is 7.86. The van der Waals surface area contributed by atoms with Crippen LogP contribution in [0, 0.1) is 0 Å². The van der Waals surface area contributed by atoms with E-state index in [1.165, 1.54) is 12.8 Å². The van der Waals surface area contributed by atoms with Crippen molar-refractivity contribution in [1.82, 2.24) is 4.90 Å². The van der Waals surface area contributed by atoms with Crippen LogP contribution in [0.4, 0.5) is 0 Å². The van der Waals surface area contributed by atoms with E-state index < -0.39 is 0 Å². The summed E-state index contributed by atoms with van der Waals surface area (Å²) in [6.45, 7) is 2.47. The second-order valence-corrected chi connectivity index (χ2v) is 6.06. The van der Waals surface area contributed by atoms with Gasteiger partial charge < -0.3 is 32.4 Å². The summed E-state index contributed by atoms with van der Waals surface area (Å²) in [5.74, 6) is 1.31. The fourth-order valence-corrected chi connectivity index (χ4v) is 2.68.